The Morgan fingerprint density at radius 2 is 1.86 bits per heavy atom. The monoisotopic (exact) mass is 293 g/mol. The van der Waals surface area contributed by atoms with E-state index in [0.29, 0.717) is 19.6 Å². The van der Waals surface area contributed by atoms with Crippen LogP contribution in [0, 0.1) is 5.41 Å². The molecule has 1 rings (SSSR count). The molecule has 1 aromatic carbocycles. The van der Waals surface area contributed by atoms with Crippen LogP contribution in [0.5, 0.6) is 5.75 Å². The van der Waals surface area contributed by atoms with Gasteiger partial charge in [0.1, 0.15) is 5.75 Å². The summed E-state index contributed by atoms with van der Waals surface area (Å²) in [6.45, 7) is 6.18. The van der Waals surface area contributed by atoms with Gasteiger partial charge >= 0.3 is 5.97 Å². The SMILES string of the molecule is CCOc1ccc(CC(=O)NCCC(C)(C)C(=O)O)cc1. The van der Waals surface area contributed by atoms with Crippen LogP contribution >= 0.6 is 0 Å². The second-order valence-corrected chi connectivity index (χ2v) is 5.54. The van der Waals surface area contributed by atoms with Crippen LogP contribution in [0.2, 0.25) is 0 Å². The number of nitrogens with one attached hydrogen (secondary N) is 1. The van der Waals surface area contributed by atoms with Gasteiger partial charge in [0.25, 0.3) is 0 Å². The third kappa shape index (κ3) is 5.85. The molecule has 0 atom stereocenters. The van der Waals surface area contributed by atoms with Crippen molar-refractivity contribution in [1.29, 1.82) is 0 Å². The van der Waals surface area contributed by atoms with Gasteiger partial charge in [0, 0.05) is 6.54 Å². The van der Waals surface area contributed by atoms with Gasteiger partial charge in [0.05, 0.1) is 18.4 Å². The minimum absolute atomic E-state index is 0.111. The fraction of sp³-hybridized carbons (Fsp3) is 0.500. The van der Waals surface area contributed by atoms with Gasteiger partial charge in [-0.2, -0.15) is 0 Å². The molecule has 0 aliphatic rings. The van der Waals surface area contributed by atoms with Gasteiger partial charge in [-0.3, -0.25) is 9.59 Å². The van der Waals surface area contributed by atoms with Gasteiger partial charge in [-0.05, 0) is 44.9 Å². The maximum atomic E-state index is 11.8. The van der Waals surface area contributed by atoms with Crippen LogP contribution in [0.4, 0.5) is 0 Å². The predicted octanol–water partition coefficient (Wildman–Crippen LogP) is 2.24. The molecule has 5 heteroatoms. The minimum atomic E-state index is -0.858. The van der Waals surface area contributed by atoms with E-state index in [1.807, 2.05) is 31.2 Å². The second-order valence-electron chi connectivity index (χ2n) is 5.54. The summed E-state index contributed by atoms with van der Waals surface area (Å²) in [7, 11) is 0. The molecule has 0 fully saturated rings. The Bertz CT molecular complexity index is 480. The zero-order valence-electron chi connectivity index (χ0n) is 12.8. The molecule has 0 saturated carbocycles. The quantitative estimate of drug-likeness (QED) is 0.771. The van der Waals surface area contributed by atoms with Crippen LogP contribution in [0.25, 0.3) is 0 Å². The summed E-state index contributed by atoms with van der Waals surface area (Å²) in [5.41, 5.74) is 0.0697. The number of ether oxygens (including phenoxy) is 1. The molecule has 0 heterocycles. The van der Waals surface area contributed by atoms with Crippen molar-refractivity contribution in [3.05, 3.63) is 29.8 Å². The summed E-state index contributed by atoms with van der Waals surface area (Å²) in [5, 5.41) is 11.7. The smallest absolute Gasteiger partial charge is 0.309 e. The van der Waals surface area contributed by atoms with Crippen molar-refractivity contribution < 1.29 is 19.4 Å². The number of hydrogen-bond acceptors (Lipinski definition) is 3. The number of amides is 1. The Balaban J connectivity index is 2.38. The Labute approximate surface area is 125 Å². The fourth-order valence-electron chi connectivity index (χ4n) is 1.74. The van der Waals surface area contributed by atoms with Crippen molar-refractivity contribution in [2.24, 2.45) is 5.41 Å². The van der Waals surface area contributed by atoms with E-state index >= 15 is 0 Å². The summed E-state index contributed by atoms with van der Waals surface area (Å²) in [6.07, 6.45) is 0.678. The lowest BCUT2D eigenvalue weighted by molar-refractivity contribution is -0.147. The first-order valence-electron chi connectivity index (χ1n) is 7.07. The average molecular weight is 293 g/mol. The average Bonchev–Trinajstić information content (AvgIpc) is 2.41. The van der Waals surface area contributed by atoms with Crippen LogP contribution in [-0.2, 0) is 16.0 Å². The molecule has 0 bridgehead atoms. The summed E-state index contributed by atoms with van der Waals surface area (Å²) < 4.78 is 5.33. The van der Waals surface area contributed by atoms with E-state index in [4.69, 9.17) is 9.84 Å². The van der Waals surface area contributed by atoms with E-state index in [-0.39, 0.29) is 12.3 Å². The van der Waals surface area contributed by atoms with Gasteiger partial charge in [-0.25, -0.2) is 0 Å². The first-order valence-corrected chi connectivity index (χ1v) is 7.07. The van der Waals surface area contributed by atoms with Crippen LogP contribution < -0.4 is 10.1 Å². The first-order chi connectivity index (χ1) is 9.85. The number of aliphatic carboxylic acids is 1. The Hall–Kier alpha value is -2.04. The summed E-state index contributed by atoms with van der Waals surface area (Å²) in [4.78, 5) is 22.7. The summed E-state index contributed by atoms with van der Waals surface area (Å²) in [6, 6.07) is 7.37. The molecule has 1 amide bonds. The molecule has 21 heavy (non-hydrogen) atoms. The highest BCUT2D eigenvalue weighted by molar-refractivity contribution is 5.78. The number of carbonyl (C=O) groups is 2. The van der Waals surface area contributed by atoms with Crippen molar-refractivity contribution in [3.63, 3.8) is 0 Å². The Morgan fingerprint density at radius 1 is 1.24 bits per heavy atom. The van der Waals surface area contributed by atoms with Crippen molar-refractivity contribution in [3.8, 4) is 5.75 Å². The number of carbonyl (C=O) groups excluding carboxylic acids is 1. The topological polar surface area (TPSA) is 75.6 Å². The van der Waals surface area contributed by atoms with E-state index in [9.17, 15) is 9.59 Å². The van der Waals surface area contributed by atoms with Crippen molar-refractivity contribution in [2.75, 3.05) is 13.2 Å². The molecule has 0 unspecified atom stereocenters. The number of carboxylic acid groups (broad SMARTS) is 1. The zero-order valence-corrected chi connectivity index (χ0v) is 12.8. The molecule has 2 N–H and O–H groups in total. The van der Waals surface area contributed by atoms with E-state index < -0.39 is 11.4 Å². The van der Waals surface area contributed by atoms with Crippen LogP contribution in [-0.4, -0.2) is 30.1 Å². The number of benzene rings is 1. The molecule has 1 aromatic rings. The highest BCUT2D eigenvalue weighted by Crippen LogP contribution is 2.19. The van der Waals surface area contributed by atoms with Crippen LogP contribution in [0.3, 0.4) is 0 Å². The molecule has 5 nitrogen and oxygen atoms in total. The third-order valence-electron chi connectivity index (χ3n) is 3.25. The molecular weight excluding hydrogens is 270 g/mol. The standard InChI is InChI=1S/C16H23NO4/c1-4-21-13-7-5-12(6-8-13)11-14(18)17-10-9-16(2,3)15(19)20/h5-8H,4,9-11H2,1-3H3,(H,17,18)(H,19,20). The van der Waals surface area contributed by atoms with E-state index in [1.165, 1.54) is 0 Å². The van der Waals surface area contributed by atoms with E-state index in [0.717, 1.165) is 11.3 Å². The second kappa shape index (κ2) is 7.67. The van der Waals surface area contributed by atoms with Gasteiger partial charge in [-0.1, -0.05) is 12.1 Å². The van der Waals surface area contributed by atoms with Crippen LogP contribution in [0.15, 0.2) is 24.3 Å². The van der Waals surface area contributed by atoms with E-state index in [1.54, 1.807) is 13.8 Å². The minimum Gasteiger partial charge on any atom is -0.494 e. The molecule has 0 spiro atoms. The van der Waals surface area contributed by atoms with Gasteiger partial charge in [-0.15, -0.1) is 0 Å². The maximum absolute atomic E-state index is 11.8. The molecular formula is C16H23NO4. The first kappa shape index (κ1) is 17.0. The summed E-state index contributed by atoms with van der Waals surface area (Å²) >= 11 is 0. The molecule has 0 aliphatic carbocycles. The maximum Gasteiger partial charge on any atom is 0.309 e. The van der Waals surface area contributed by atoms with Crippen LogP contribution in [0.1, 0.15) is 32.8 Å². The lowest BCUT2D eigenvalue weighted by Gasteiger charge is -2.18. The van der Waals surface area contributed by atoms with Gasteiger partial charge < -0.3 is 15.2 Å². The van der Waals surface area contributed by atoms with Crippen molar-refractivity contribution >= 4 is 11.9 Å². The fourth-order valence-corrected chi connectivity index (χ4v) is 1.74. The van der Waals surface area contributed by atoms with Gasteiger partial charge in [0.2, 0.25) is 5.91 Å². The molecule has 0 radical (unpaired) electrons. The molecule has 116 valence electrons. The highest BCUT2D eigenvalue weighted by Gasteiger charge is 2.26. The highest BCUT2D eigenvalue weighted by atomic mass is 16.5. The third-order valence-corrected chi connectivity index (χ3v) is 3.25. The predicted molar refractivity (Wildman–Crippen MR) is 80.4 cm³/mol. The number of hydrogen-bond donors (Lipinski definition) is 2. The molecule has 0 aromatic heterocycles. The van der Waals surface area contributed by atoms with Crippen molar-refractivity contribution in [2.45, 2.75) is 33.6 Å². The van der Waals surface area contributed by atoms with E-state index in [2.05, 4.69) is 5.32 Å². The lowest BCUT2D eigenvalue weighted by Crippen LogP contribution is -2.32. The van der Waals surface area contributed by atoms with Crippen molar-refractivity contribution in [1.82, 2.24) is 5.32 Å². The normalized spacial score (nSPS) is 11.0. The molecule has 0 saturated heterocycles. The molecule has 0 aliphatic heterocycles. The lowest BCUT2D eigenvalue weighted by atomic mass is 9.90. The Kier molecular flexibility index (Phi) is 6.21. The number of rotatable bonds is 8. The largest absolute Gasteiger partial charge is 0.494 e. The zero-order chi connectivity index (χ0) is 15.9. The summed E-state index contributed by atoms with van der Waals surface area (Å²) in [5.74, 6) is -0.187. The van der Waals surface area contributed by atoms with Gasteiger partial charge in [0.15, 0.2) is 0 Å². The Morgan fingerprint density at radius 3 is 2.38 bits per heavy atom. The number of carboxylic acids is 1.